The molecule has 114 valence electrons. The summed E-state index contributed by atoms with van der Waals surface area (Å²) in [6.45, 7) is 2.41. The molecule has 21 heavy (non-hydrogen) atoms. The summed E-state index contributed by atoms with van der Waals surface area (Å²) >= 11 is 6.16. The van der Waals surface area contributed by atoms with E-state index in [9.17, 15) is 4.79 Å². The molecule has 0 aromatic heterocycles. The minimum absolute atomic E-state index is 0.0578. The highest BCUT2D eigenvalue weighted by Crippen LogP contribution is 2.31. The van der Waals surface area contributed by atoms with Crippen LogP contribution >= 0.6 is 11.6 Å². The fourth-order valence-electron chi connectivity index (χ4n) is 3.48. The number of rotatable bonds is 3. The third-order valence-corrected chi connectivity index (χ3v) is 4.89. The van der Waals surface area contributed by atoms with Crippen LogP contribution in [0.25, 0.3) is 0 Å². The molecule has 1 amide bonds. The first kappa shape index (κ1) is 14.7. The molecule has 4 nitrogen and oxygen atoms in total. The lowest BCUT2D eigenvalue weighted by Gasteiger charge is -2.23. The van der Waals surface area contributed by atoms with E-state index >= 15 is 0 Å². The number of hydrogen-bond donors (Lipinski definition) is 1. The lowest BCUT2D eigenvalue weighted by Crippen LogP contribution is -2.33. The Labute approximate surface area is 131 Å². The maximum absolute atomic E-state index is 12.1. The van der Waals surface area contributed by atoms with Crippen molar-refractivity contribution >= 4 is 23.2 Å². The number of fused-ring (bicyclic) bond motifs is 1. The van der Waals surface area contributed by atoms with Crippen LogP contribution in [0.1, 0.15) is 29.6 Å². The van der Waals surface area contributed by atoms with Crippen LogP contribution in [0.2, 0.25) is 5.02 Å². The Hall–Kier alpha value is -1.26. The van der Waals surface area contributed by atoms with Crippen LogP contribution in [-0.2, 0) is 0 Å². The monoisotopic (exact) mass is 307 g/mol. The summed E-state index contributed by atoms with van der Waals surface area (Å²) in [7, 11) is 3.48. The van der Waals surface area contributed by atoms with Gasteiger partial charge in [0.05, 0.1) is 10.6 Å². The molecule has 1 N–H and O–H groups in total. The zero-order chi connectivity index (χ0) is 15.0. The normalized spacial score (nSPS) is 24.9. The van der Waals surface area contributed by atoms with Gasteiger partial charge in [-0.2, -0.15) is 0 Å². The standard InChI is InChI=1S/C16H22ClN3O/c1-19(2)16(21)12-10-11(5-6-13(12)17)18-14-7-9-20-8-3-4-15(14)20/h5-6,10,14-15,18H,3-4,7-9H2,1-2H3. The Kier molecular flexibility index (Phi) is 4.09. The number of hydrogen-bond acceptors (Lipinski definition) is 3. The maximum atomic E-state index is 12.1. The van der Waals surface area contributed by atoms with Gasteiger partial charge in [-0.25, -0.2) is 0 Å². The molecule has 2 fully saturated rings. The van der Waals surface area contributed by atoms with Gasteiger partial charge in [-0.3, -0.25) is 9.69 Å². The molecule has 3 rings (SSSR count). The highest BCUT2D eigenvalue weighted by atomic mass is 35.5. The van der Waals surface area contributed by atoms with E-state index in [1.807, 2.05) is 18.2 Å². The van der Waals surface area contributed by atoms with E-state index in [1.54, 1.807) is 19.0 Å². The number of carbonyl (C=O) groups is 1. The molecule has 2 aliphatic rings. The van der Waals surface area contributed by atoms with Crippen molar-refractivity contribution in [2.75, 3.05) is 32.5 Å². The summed E-state index contributed by atoms with van der Waals surface area (Å²) in [6.07, 6.45) is 3.74. The predicted molar refractivity (Wildman–Crippen MR) is 86.1 cm³/mol. The first-order valence-electron chi connectivity index (χ1n) is 7.58. The Bertz CT molecular complexity index is 546. The van der Waals surface area contributed by atoms with Crippen molar-refractivity contribution in [1.82, 2.24) is 9.80 Å². The van der Waals surface area contributed by atoms with Gasteiger partial charge in [0.2, 0.25) is 0 Å². The van der Waals surface area contributed by atoms with Crippen molar-refractivity contribution in [3.05, 3.63) is 28.8 Å². The first-order valence-corrected chi connectivity index (χ1v) is 7.96. The molecule has 0 spiro atoms. The van der Waals surface area contributed by atoms with Crippen LogP contribution in [0.4, 0.5) is 5.69 Å². The average molecular weight is 308 g/mol. The molecule has 5 heteroatoms. The van der Waals surface area contributed by atoms with Gasteiger partial charge in [-0.15, -0.1) is 0 Å². The van der Waals surface area contributed by atoms with Crippen molar-refractivity contribution in [3.8, 4) is 0 Å². The molecule has 2 heterocycles. The van der Waals surface area contributed by atoms with E-state index in [4.69, 9.17) is 11.6 Å². The second-order valence-corrected chi connectivity index (χ2v) is 6.59. The molecular weight excluding hydrogens is 286 g/mol. The molecule has 2 atom stereocenters. The van der Waals surface area contributed by atoms with Gasteiger partial charge >= 0.3 is 0 Å². The number of halogens is 1. The van der Waals surface area contributed by atoms with Gasteiger partial charge in [0.1, 0.15) is 0 Å². The van der Waals surface area contributed by atoms with Gasteiger partial charge < -0.3 is 10.2 Å². The number of benzene rings is 1. The third-order valence-electron chi connectivity index (χ3n) is 4.56. The topological polar surface area (TPSA) is 35.6 Å². The van der Waals surface area contributed by atoms with E-state index in [0.29, 0.717) is 22.7 Å². The fourth-order valence-corrected chi connectivity index (χ4v) is 3.68. The van der Waals surface area contributed by atoms with Crippen molar-refractivity contribution in [3.63, 3.8) is 0 Å². The summed E-state index contributed by atoms with van der Waals surface area (Å²) in [6, 6.07) is 6.78. The van der Waals surface area contributed by atoms with Gasteiger partial charge in [0.15, 0.2) is 0 Å². The van der Waals surface area contributed by atoms with Crippen LogP contribution in [-0.4, -0.2) is 55.0 Å². The molecule has 2 aliphatic heterocycles. The van der Waals surface area contributed by atoms with E-state index in [0.717, 1.165) is 5.69 Å². The minimum Gasteiger partial charge on any atom is -0.381 e. The SMILES string of the molecule is CN(C)C(=O)c1cc(NC2CCN3CCCC23)ccc1Cl. The lowest BCUT2D eigenvalue weighted by molar-refractivity contribution is 0.0828. The predicted octanol–water partition coefficient (Wildman–Crippen LogP) is 2.69. The Balaban J connectivity index is 1.77. The van der Waals surface area contributed by atoms with Gasteiger partial charge in [-0.05, 0) is 44.0 Å². The number of nitrogens with one attached hydrogen (secondary N) is 1. The number of carbonyl (C=O) groups excluding carboxylic acids is 1. The summed E-state index contributed by atoms with van der Waals surface area (Å²) in [5.74, 6) is -0.0578. The molecule has 2 saturated heterocycles. The number of amides is 1. The summed E-state index contributed by atoms with van der Waals surface area (Å²) in [5, 5.41) is 4.11. The summed E-state index contributed by atoms with van der Waals surface area (Å²) < 4.78 is 0. The smallest absolute Gasteiger partial charge is 0.254 e. The first-order chi connectivity index (χ1) is 10.1. The fraction of sp³-hybridized carbons (Fsp3) is 0.562. The van der Waals surface area contributed by atoms with Crippen LogP contribution in [0.5, 0.6) is 0 Å². The minimum atomic E-state index is -0.0578. The van der Waals surface area contributed by atoms with Gasteiger partial charge in [-0.1, -0.05) is 11.6 Å². The summed E-state index contributed by atoms with van der Waals surface area (Å²) in [5.41, 5.74) is 1.55. The lowest BCUT2D eigenvalue weighted by atomic mass is 10.1. The molecular formula is C16H22ClN3O. The van der Waals surface area contributed by atoms with Gasteiger partial charge in [0.25, 0.3) is 5.91 Å². The quantitative estimate of drug-likeness (QED) is 0.932. The van der Waals surface area contributed by atoms with E-state index in [-0.39, 0.29) is 5.91 Å². The highest BCUT2D eigenvalue weighted by molar-refractivity contribution is 6.34. The average Bonchev–Trinajstić information content (AvgIpc) is 3.05. The van der Waals surface area contributed by atoms with Crippen molar-refractivity contribution < 1.29 is 4.79 Å². The highest BCUT2D eigenvalue weighted by Gasteiger charge is 2.37. The molecule has 1 aromatic rings. The maximum Gasteiger partial charge on any atom is 0.254 e. The molecule has 2 unspecified atom stereocenters. The van der Waals surface area contributed by atoms with Crippen LogP contribution < -0.4 is 5.32 Å². The van der Waals surface area contributed by atoms with Crippen molar-refractivity contribution in [2.24, 2.45) is 0 Å². The molecule has 0 aliphatic carbocycles. The van der Waals surface area contributed by atoms with E-state index < -0.39 is 0 Å². The molecule has 0 saturated carbocycles. The van der Waals surface area contributed by atoms with Crippen LogP contribution in [0, 0.1) is 0 Å². The van der Waals surface area contributed by atoms with Crippen molar-refractivity contribution in [2.45, 2.75) is 31.3 Å². The van der Waals surface area contributed by atoms with Crippen molar-refractivity contribution in [1.29, 1.82) is 0 Å². The van der Waals surface area contributed by atoms with Crippen LogP contribution in [0.15, 0.2) is 18.2 Å². The summed E-state index contributed by atoms with van der Waals surface area (Å²) in [4.78, 5) is 16.3. The van der Waals surface area contributed by atoms with E-state index in [1.165, 1.54) is 32.4 Å². The molecule has 0 radical (unpaired) electrons. The third kappa shape index (κ3) is 2.87. The Morgan fingerprint density at radius 1 is 1.33 bits per heavy atom. The van der Waals surface area contributed by atoms with E-state index in [2.05, 4.69) is 10.2 Å². The number of nitrogens with zero attached hydrogens (tertiary/aromatic N) is 2. The second kappa shape index (κ2) is 5.85. The van der Waals surface area contributed by atoms with Crippen LogP contribution in [0.3, 0.4) is 0 Å². The zero-order valence-corrected chi connectivity index (χ0v) is 13.4. The van der Waals surface area contributed by atoms with Gasteiger partial charge in [0, 0.05) is 38.4 Å². The largest absolute Gasteiger partial charge is 0.381 e. The Morgan fingerprint density at radius 2 is 2.14 bits per heavy atom. The number of anilines is 1. The zero-order valence-electron chi connectivity index (χ0n) is 12.6. The molecule has 0 bridgehead atoms. The molecule has 1 aromatic carbocycles. The Morgan fingerprint density at radius 3 is 2.90 bits per heavy atom. The second-order valence-electron chi connectivity index (χ2n) is 6.18.